The molecule has 0 radical (unpaired) electrons. The van der Waals surface area contributed by atoms with E-state index >= 15 is 0 Å². The number of carbonyl (C=O) groups excluding carboxylic acids is 1. The summed E-state index contributed by atoms with van der Waals surface area (Å²) >= 11 is 0. The van der Waals surface area contributed by atoms with E-state index in [0.29, 0.717) is 22.2 Å². The molecule has 0 saturated carbocycles. The maximum atomic E-state index is 12.2. The predicted octanol–water partition coefficient (Wildman–Crippen LogP) is 1.85. The van der Waals surface area contributed by atoms with E-state index in [1.54, 1.807) is 35.1 Å². The summed E-state index contributed by atoms with van der Waals surface area (Å²) in [4.78, 5) is 40.6. The molecule has 3 heterocycles. The highest BCUT2D eigenvalue weighted by Gasteiger charge is 2.09. The second-order valence-corrected chi connectivity index (χ2v) is 6.68. The lowest BCUT2D eigenvalue weighted by atomic mass is 10.2. The molecule has 0 atom stereocenters. The smallest absolute Gasteiger partial charge is 0.308 e. The van der Waals surface area contributed by atoms with Gasteiger partial charge < -0.3 is 4.74 Å². The summed E-state index contributed by atoms with van der Waals surface area (Å²) < 4.78 is 8.31. The molecular formula is C21H18N4O4. The Bertz CT molecular complexity index is 1340. The average Bonchev–Trinajstić information content (AvgIpc) is 2.72. The van der Waals surface area contributed by atoms with Crippen molar-refractivity contribution in [2.45, 2.75) is 26.5 Å². The molecule has 0 aliphatic carbocycles. The summed E-state index contributed by atoms with van der Waals surface area (Å²) in [6.45, 7) is 2.08. The topological polar surface area (TPSA) is 95.6 Å². The Balaban J connectivity index is 1.43. The molecule has 4 aromatic rings. The van der Waals surface area contributed by atoms with Gasteiger partial charge in [-0.25, -0.2) is 4.98 Å². The molecule has 0 fully saturated rings. The molecule has 0 spiro atoms. The number of fused-ring (bicyclic) bond motifs is 2. The van der Waals surface area contributed by atoms with Crippen LogP contribution in [0.4, 0.5) is 0 Å². The highest BCUT2D eigenvalue weighted by Crippen LogP contribution is 2.09. The molecule has 0 bridgehead atoms. The average molecular weight is 390 g/mol. The van der Waals surface area contributed by atoms with E-state index in [9.17, 15) is 14.4 Å². The minimum absolute atomic E-state index is 0.0750. The number of aromatic nitrogens is 4. The summed E-state index contributed by atoms with van der Waals surface area (Å²) in [6.07, 6.45) is 3.02. The molecule has 146 valence electrons. The number of aryl methyl sites for hydroxylation is 2. The van der Waals surface area contributed by atoms with Crippen LogP contribution in [-0.4, -0.2) is 25.1 Å². The van der Waals surface area contributed by atoms with E-state index in [1.807, 2.05) is 19.1 Å². The van der Waals surface area contributed by atoms with Crippen molar-refractivity contribution in [1.82, 2.24) is 19.2 Å². The zero-order chi connectivity index (χ0) is 20.4. The van der Waals surface area contributed by atoms with Crippen LogP contribution in [0.15, 0.2) is 64.4 Å². The zero-order valence-electron chi connectivity index (χ0n) is 15.7. The van der Waals surface area contributed by atoms with E-state index in [-0.39, 0.29) is 30.6 Å². The van der Waals surface area contributed by atoms with Crippen LogP contribution in [0.2, 0.25) is 0 Å². The Morgan fingerprint density at radius 2 is 1.97 bits per heavy atom. The third kappa shape index (κ3) is 3.91. The quantitative estimate of drug-likeness (QED) is 0.483. The summed E-state index contributed by atoms with van der Waals surface area (Å²) in [7, 11) is 0. The summed E-state index contributed by atoms with van der Waals surface area (Å²) in [5.74, 6) is -0.444. The van der Waals surface area contributed by atoms with Gasteiger partial charge in [0.05, 0.1) is 30.4 Å². The van der Waals surface area contributed by atoms with E-state index < -0.39 is 5.97 Å². The lowest BCUT2D eigenvalue weighted by Crippen LogP contribution is -2.18. The minimum atomic E-state index is -0.444. The van der Waals surface area contributed by atoms with Gasteiger partial charge in [0.15, 0.2) is 0 Å². The highest BCUT2D eigenvalue weighted by molar-refractivity contribution is 5.78. The monoisotopic (exact) mass is 390 g/mol. The van der Waals surface area contributed by atoms with Crippen LogP contribution >= 0.6 is 0 Å². The third-order valence-corrected chi connectivity index (χ3v) is 4.53. The molecule has 29 heavy (non-hydrogen) atoms. The van der Waals surface area contributed by atoms with Crippen molar-refractivity contribution in [2.24, 2.45) is 0 Å². The first-order chi connectivity index (χ1) is 14.0. The fourth-order valence-electron chi connectivity index (χ4n) is 3.10. The Labute approximate surface area is 165 Å². The van der Waals surface area contributed by atoms with Crippen LogP contribution in [-0.2, 0) is 22.7 Å². The second-order valence-electron chi connectivity index (χ2n) is 6.68. The SMILES string of the molecule is Cc1ccc2nc(COC(=O)CCn3ncc(=O)c4ccccc43)cc(=O)n2c1. The molecule has 0 aliphatic heterocycles. The molecule has 0 amide bonds. The first-order valence-corrected chi connectivity index (χ1v) is 9.11. The standard InChI is InChI=1S/C21H18N4O4/c1-14-6-7-19-23-15(10-20(27)24(19)12-14)13-29-21(28)8-9-25-17-5-3-2-4-16(17)18(26)11-22-25/h2-7,10-12H,8-9,13H2,1H3. The number of ether oxygens (including phenoxy) is 1. The minimum Gasteiger partial charge on any atom is -0.459 e. The number of hydrogen-bond acceptors (Lipinski definition) is 6. The van der Waals surface area contributed by atoms with Gasteiger partial charge >= 0.3 is 5.97 Å². The zero-order valence-corrected chi connectivity index (χ0v) is 15.7. The van der Waals surface area contributed by atoms with Crippen LogP contribution in [0.5, 0.6) is 0 Å². The van der Waals surface area contributed by atoms with Crippen molar-refractivity contribution in [2.75, 3.05) is 0 Å². The molecule has 8 nitrogen and oxygen atoms in total. The molecule has 0 saturated heterocycles. The first-order valence-electron chi connectivity index (χ1n) is 9.11. The largest absolute Gasteiger partial charge is 0.459 e. The number of carbonyl (C=O) groups is 1. The second kappa shape index (κ2) is 7.67. The highest BCUT2D eigenvalue weighted by atomic mass is 16.5. The van der Waals surface area contributed by atoms with Crippen molar-refractivity contribution in [1.29, 1.82) is 0 Å². The number of hydrogen-bond donors (Lipinski definition) is 0. The van der Waals surface area contributed by atoms with Gasteiger partial charge in [-0.1, -0.05) is 18.2 Å². The van der Waals surface area contributed by atoms with Crippen molar-refractivity contribution < 1.29 is 9.53 Å². The maximum Gasteiger partial charge on any atom is 0.308 e. The van der Waals surface area contributed by atoms with Gasteiger partial charge in [-0.3, -0.25) is 23.5 Å². The van der Waals surface area contributed by atoms with Gasteiger partial charge in [0.1, 0.15) is 12.3 Å². The number of nitrogens with zero attached hydrogens (tertiary/aromatic N) is 4. The van der Waals surface area contributed by atoms with Gasteiger partial charge in [0.2, 0.25) is 5.43 Å². The number of pyridine rings is 1. The number of benzene rings is 1. The molecule has 0 unspecified atom stereocenters. The van der Waals surface area contributed by atoms with Crippen LogP contribution in [0.1, 0.15) is 17.7 Å². The van der Waals surface area contributed by atoms with Crippen LogP contribution in [0.25, 0.3) is 16.6 Å². The van der Waals surface area contributed by atoms with Crippen LogP contribution in [0, 0.1) is 6.92 Å². The fourth-order valence-corrected chi connectivity index (χ4v) is 3.10. The van der Waals surface area contributed by atoms with Crippen LogP contribution in [0.3, 0.4) is 0 Å². The van der Waals surface area contributed by atoms with E-state index in [0.717, 1.165) is 5.56 Å². The first kappa shape index (κ1) is 18.5. The molecule has 4 rings (SSSR count). The van der Waals surface area contributed by atoms with E-state index in [1.165, 1.54) is 16.7 Å². The molecule has 8 heteroatoms. The van der Waals surface area contributed by atoms with Crippen molar-refractivity contribution in [3.05, 3.63) is 86.7 Å². The number of esters is 1. The van der Waals surface area contributed by atoms with Crippen molar-refractivity contribution >= 4 is 22.5 Å². The van der Waals surface area contributed by atoms with Gasteiger partial charge in [-0.05, 0) is 30.7 Å². The fraction of sp³-hybridized carbons (Fsp3) is 0.190. The maximum absolute atomic E-state index is 12.2. The van der Waals surface area contributed by atoms with Gasteiger partial charge in [-0.2, -0.15) is 5.10 Å². The van der Waals surface area contributed by atoms with Gasteiger partial charge in [0.25, 0.3) is 5.56 Å². The van der Waals surface area contributed by atoms with E-state index in [2.05, 4.69) is 10.1 Å². The Morgan fingerprint density at radius 3 is 2.83 bits per heavy atom. The third-order valence-electron chi connectivity index (χ3n) is 4.53. The summed E-state index contributed by atoms with van der Waals surface area (Å²) in [6, 6.07) is 12.1. The van der Waals surface area contributed by atoms with Gasteiger partial charge in [-0.15, -0.1) is 0 Å². The lowest BCUT2D eigenvalue weighted by molar-refractivity contribution is -0.145. The molecule has 3 aromatic heterocycles. The van der Waals surface area contributed by atoms with Gasteiger partial charge in [0, 0.05) is 17.6 Å². The van der Waals surface area contributed by atoms with Crippen molar-refractivity contribution in [3.63, 3.8) is 0 Å². The predicted molar refractivity (Wildman–Crippen MR) is 107 cm³/mol. The van der Waals surface area contributed by atoms with Crippen molar-refractivity contribution in [3.8, 4) is 0 Å². The molecule has 1 aromatic carbocycles. The normalized spacial score (nSPS) is 11.1. The molecule has 0 N–H and O–H groups in total. The summed E-state index contributed by atoms with van der Waals surface area (Å²) in [5, 5.41) is 4.64. The van der Waals surface area contributed by atoms with Crippen LogP contribution < -0.4 is 11.0 Å². The molecule has 0 aliphatic rings. The number of rotatable bonds is 5. The Morgan fingerprint density at radius 1 is 1.14 bits per heavy atom. The Hall–Kier alpha value is -3.81. The van der Waals surface area contributed by atoms with E-state index in [4.69, 9.17) is 4.74 Å². The molecular weight excluding hydrogens is 372 g/mol. The number of para-hydroxylation sites is 1. The summed E-state index contributed by atoms with van der Waals surface area (Å²) in [5.41, 5.74) is 2.10. The Kier molecular flexibility index (Phi) is 4.90. The lowest BCUT2D eigenvalue weighted by Gasteiger charge is -2.09.